The lowest BCUT2D eigenvalue weighted by atomic mass is 9.65. The van der Waals surface area contributed by atoms with Gasteiger partial charge in [0.2, 0.25) is 0 Å². The number of fused-ring (bicyclic) bond motifs is 3. The summed E-state index contributed by atoms with van der Waals surface area (Å²) in [6.07, 6.45) is 15.1. The normalized spacial score (nSPS) is 15.7. The fourth-order valence-electron chi connectivity index (χ4n) is 6.17. The third-order valence-electron chi connectivity index (χ3n) is 8.39. The number of nitrogens with zero attached hydrogens (tertiary/aromatic N) is 3. The molecule has 184 valence electrons. The van der Waals surface area contributed by atoms with E-state index in [9.17, 15) is 0 Å². The van der Waals surface area contributed by atoms with Gasteiger partial charge in [-0.3, -0.25) is 9.55 Å². The van der Waals surface area contributed by atoms with Crippen LogP contribution in [0.1, 0.15) is 91.0 Å². The van der Waals surface area contributed by atoms with Gasteiger partial charge in [0.15, 0.2) is 0 Å². The maximum Gasteiger partial charge on any atom is 0.137 e. The number of rotatable bonds is 10. The van der Waals surface area contributed by atoms with E-state index in [1.807, 2.05) is 24.7 Å². The molecule has 1 unspecified atom stereocenters. The average molecular weight is 468 g/mol. The second-order valence-electron chi connectivity index (χ2n) is 12.3. The third kappa shape index (κ3) is 5.01. The fourth-order valence-corrected chi connectivity index (χ4v) is 6.17. The lowest BCUT2D eigenvalue weighted by molar-refractivity contribution is 0.173. The second kappa shape index (κ2) is 9.41. The van der Waals surface area contributed by atoms with Crippen LogP contribution in [0.25, 0.3) is 27.6 Å². The SMILES string of the molecule is CCCC(C)(C)CC(c1ccc2c(c1)c1cnccc1n2-c1ccccn1)C(C)(C)CCC1CC1. The molecule has 0 spiro atoms. The Morgan fingerprint density at radius 2 is 1.74 bits per heavy atom. The molecule has 5 rings (SSSR count). The molecule has 3 heterocycles. The summed E-state index contributed by atoms with van der Waals surface area (Å²) < 4.78 is 2.28. The van der Waals surface area contributed by atoms with Gasteiger partial charge in [-0.15, -0.1) is 0 Å². The summed E-state index contributed by atoms with van der Waals surface area (Å²) in [4.78, 5) is 9.18. The molecule has 1 fully saturated rings. The Morgan fingerprint density at radius 3 is 2.46 bits per heavy atom. The van der Waals surface area contributed by atoms with Crippen molar-refractivity contribution in [2.75, 3.05) is 0 Å². The first kappa shape index (κ1) is 24.0. The van der Waals surface area contributed by atoms with Crippen molar-refractivity contribution in [2.24, 2.45) is 16.7 Å². The Kier molecular flexibility index (Phi) is 6.46. The largest absolute Gasteiger partial charge is 0.294 e. The third-order valence-corrected chi connectivity index (χ3v) is 8.39. The van der Waals surface area contributed by atoms with E-state index in [2.05, 4.69) is 85.6 Å². The minimum atomic E-state index is 0.263. The van der Waals surface area contributed by atoms with Crippen LogP contribution in [0.4, 0.5) is 0 Å². The topological polar surface area (TPSA) is 30.7 Å². The molecule has 0 bridgehead atoms. The molecule has 1 aliphatic rings. The molecular weight excluding hydrogens is 426 g/mol. The quantitative estimate of drug-likeness (QED) is 0.233. The summed E-state index contributed by atoms with van der Waals surface area (Å²) in [5.41, 5.74) is 4.44. The van der Waals surface area contributed by atoms with E-state index in [0.29, 0.717) is 11.3 Å². The summed E-state index contributed by atoms with van der Waals surface area (Å²) in [5.74, 6) is 2.46. The molecule has 35 heavy (non-hydrogen) atoms. The van der Waals surface area contributed by atoms with Crippen LogP contribution >= 0.6 is 0 Å². The maximum absolute atomic E-state index is 4.68. The number of hydrogen-bond acceptors (Lipinski definition) is 2. The molecule has 1 saturated carbocycles. The van der Waals surface area contributed by atoms with Gasteiger partial charge in [-0.1, -0.05) is 66.0 Å². The number of pyridine rings is 2. The highest BCUT2D eigenvalue weighted by Crippen LogP contribution is 2.50. The number of benzene rings is 1. The summed E-state index contributed by atoms with van der Waals surface area (Å²) in [7, 11) is 0. The molecule has 1 aromatic carbocycles. The summed E-state index contributed by atoms with van der Waals surface area (Å²) >= 11 is 0. The van der Waals surface area contributed by atoms with Crippen molar-refractivity contribution in [1.29, 1.82) is 0 Å². The molecule has 4 aromatic rings. The summed E-state index contributed by atoms with van der Waals surface area (Å²) in [5, 5.41) is 2.49. The monoisotopic (exact) mass is 467 g/mol. The average Bonchev–Trinajstić information content (AvgIpc) is 3.62. The Bertz CT molecular complexity index is 1290. The fraction of sp³-hybridized carbons (Fsp3) is 0.500. The standard InChI is InChI=1S/C32H41N3/c1-6-16-31(2,3)21-27(32(4,5)17-14-23-10-11-23)24-12-13-28-25(20-24)26-22-33-19-15-29(26)35(28)30-9-7-8-18-34-30/h7-9,12-13,15,18-20,22-23,27H,6,10-11,14,16-17,21H2,1-5H3. The predicted molar refractivity (Wildman–Crippen MR) is 148 cm³/mol. The van der Waals surface area contributed by atoms with Crippen LogP contribution in [-0.4, -0.2) is 14.5 Å². The van der Waals surface area contributed by atoms with E-state index >= 15 is 0 Å². The van der Waals surface area contributed by atoms with E-state index in [4.69, 9.17) is 0 Å². The first-order valence-electron chi connectivity index (χ1n) is 13.6. The lowest BCUT2D eigenvalue weighted by Crippen LogP contribution is -2.28. The molecular formula is C32H41N3. The lowest BCUT2D eigenvalue weighted by Gasteiger charge is -2.40. The van der Waals surface area contributed by atoms with Crippen molar-refractivity contribution < 1.29 is 0 Å². The van der Waals surface area contributed by atoms with Crippen LogP contribution in [0.15, 0.2) is 61.1 Å². The number of aromatic nitrogens is 3. The molecule has 0 N–H and O–H groups in total. The van der Waals surface area contributed by atoms with Gasteiger partial charge in [-0.2, -0.15) is 0 Å². The highest BCUT2D eigenvalue weighted by molar-refractivity contribution is 6.09. The van der Waals surface area contributed by atoms with Gasteiger partial charge < -0.3 is 0 Å². The zero-order valence-corrected chi connectivity index (χ0v) is 22.2. The van der Waals surface area contributed by atoms with Crippen LogP contribution in [0.3, 0.4) is 0 Å². The first-order chi connectivity index (χ1) is 16.8. The Labute approximate surface area is 211 Å². The van der Waals surface area contributed by atoms with Gasteiger partial charge in [-0.25, -0.2) is 4.98 Å². The molecule has 0 amide bonds. The van der Waals surface area contributed by atoms with Crippen molar-refractivity contribution >= 4 is 21.8 Å². The van der Waals surface area contributed by atoms with E-state index in [0.717, 1.165) is 11.7 Å². The molecule has 0 aliphatic heterocycles. The van der Waals surface area contributed by atoms with Crippen LogP contribution < -0.4 is 0 Å². The van der Waals surface area contributed by atoms with Crippen LogP contribution in [-0.2, 0) is 0 Å². The number of hydrogen-bond donors (Lipinski definition) is 0. The highest BCUT2D eigenvalue weighted by atomic mass is 15.1. The summed E-state index contributed by atoms with van der Waals surface area (Å²) in [6, 6.07) is 15.4. The summed E-state index contributed by atoms with van der Waals surface area (Å²) in [6.45, 7) is 12.3. The minimum Gasteiger partial charge on any atom is -0.294 e. The molecule has 3 aromatic heterocycles. The van der Waals surface area contributed by atoms with Gasteiger partial charge in [0.1, 0.15) is 5.82 Å². The van der Waals surface area contributed by atoms with Gasteiger partial charge in [0, 0.05) is 29.4 Å². The zero-order chi connectivity index (χ0) is 24.6. The predicted octanol–water partition coefficient (Wildman–Crippen LogP) is 9.09. The Balaban J connectivity index is 1.63. The van der Waals surface area contributed by atoms with E-state index in [-0.39, 0.29) is 5.41 Å². The van der Waals surface area contributed by atoms with Crippen LogP contribution in [0.5, 0.6) is 0 Å². The van der Waals surface area contributed by atoms with Gasteiger partial charge in [-0.05, 0) is 84.2 Å². The second-order valence-corrected chi connectivity index (χ2v) is 12.3. The van der Waals surface area contributed by atoms with Crippen molar-refractivity contribution in [3.05, 3.63) is 66.6 Å². The first-order valence-corrected chi connectivity index (χ1v) is 13.6. The molecule has 3 nitrogen and oxygen atoms in total. The molecule has 3 heteroatoms. The van der Waals surface area contributed by atoms with Gasteiger partial charge in [0.05, 0.1) is 11.0 Å². The van der Waals surface area contributed by atoms with Crippen molar-refractivity contribution in [3.63, 3.8) is 0 Å². The zero-order valence-electron chi connectivity index (χ0n) is 22.2. The van der Waals surface area contributed by atoms with Crippen molar-refractivity contribution in [1.82, 2.24) is 14.5 Å². The minimum absolute atomic E-state index is 0.263. The maximum atomic E-state index is 4.68. The van der Waals surface area contributed by atoms with E-state index in [1.54, 1.807) is 0 Å². The van der Waals surface area contributed by atoms with E-state index in [1.165, 1.54) is 72.3 Å². The molecule has 1 aliphatic carbocycles. The highest BCUT2D eigenvalue weighted by Gasteiger charge is 2.36. The van der Waals surface area contributed by atoms with Gasteiger partial charge in [0.25, 0.3) is 0 Å². The van der Waals surface area contributed by atoms with Crippen LogP contribution in [0, 0.1) is 16.7 Å². The smallest absolute Gasteiger partial charge is 0.137 e. The van der Waals surface area contributed by atoms with Crippen molar-refractivity contribution in [2.45, 2.75) is 85.5 Å². The van der Waals surface area contributed by atoms with Crippen molar-refractivity contribution in [3.8, 4) is 5.82 Å². The molecule has 0 saturated heterocycles. The Morgan fingerprint density at radius 1 is 0.943 bits per heavy atom. The van der Waals surface area contributed by atoms with Gasteiger partial charge >= 0.3 is 0 Å². The van der Waals surface area contributed by atoms with Crippen LogP contribution in [0.2, 0.25) is 0 Å². The molecule has 1 atom stereocenters. The van der Waals surface area contributed by atoms with E-state index < -0.39 is 0 Å². The Hall–Kier alpha value is -2.68. The molecule has 0 radical (unpaired) electrons.